The van der Waals surface area contributed by atoms with E-state index in [1.54, 1.807) is 17.4 Å². The molecule has 3 aromatic heterocycles. The second-order valence-electron chi connectivity index (χ2n) is 5.88. The minimum absolute atomic E-state index is 0.0972. The van der Waals surface area contributed by atoms with Gasteiger partial charge >= 0.3 is 0 Å². The molecule has 0 bridgehead atoms. The Morgan fingerprint density at radius 3 is 3.00 bits per heavy atom. The molecule has 1 aliphatic rings. The average molecular weight is 372 g/mol. The molecule has 0 fully saturated rings. The third-order valence-electron chi connectivity index (χ3n) is 4.09. The number of carbonyl (C=O) groups excluding carboxylic acids is 1. The van der Waals surface area contributed by atoms with Gasteiger partial charge in [0.2, 0.25) is 5.91 Å². The fraction of sp³-hybridized carbons (Fsp3) is 0.294. The fourth-order valence-electron chi connectivity index (χ4n) is 2.88. The Kier molecular flexibility index (Phi) is 4.46. The zero-order valence-electron chi connectivity index (χ0n) is 13.4. The summed E-state index contributed by atoms with van der Waals surface area (Å²) in [6, 6.07) is 5.57. The lowest BCUT2D eigenvalue weighted by atomic mass is 9.97. The number of nitrogens with zero attached hydrogens (tertiary/aromatic N) is 3. The molecule has 128 valence electrons. The number of hydrogen-bond donors (Lipinski definition) is 1. The first-order chi connectivity index (χ1) is 12.2. The van der Waals surface area contributed by atoms with E-state index in [4.69, 9.17) is 0 Å². The summed E-state index contributed by atoms with van der Waals surface area (Å²) in [5, 5.41) is 11.5. The molecule has 0 atom stereocenters. The van der Waals surface area contributed by atoms with Gasteiger partial charge in [-0.15, -0.1) is 22.7 Å². The number of anilines is 1. The number of thiazole rings is 1. The van der Waals surface area contributed by atoms with Gasteiger partial charge in [0.1, 0.15) is 6.54 Å². The highest BCUT2D eigenvalue weighted by atomic mass is 32.1. The van der Waals surface area contributed by atoms with Gasteiger partial charge < -0.3 is 5.32 Å². The number of carbonyl (C=O) groups is 1. The van der Waals surface area contributed by atoms with Crippen molar-refractivity contribution in [2.24, 2.45) is 0 Å². The molecule has 1 aliphatic carbocycles. The van der Waals surface area contributed by atoms with Gasteiger partial charge in [-0.3, -0.25) is 9.59 Å². The third kappa shape index (κ3) is 3.54. The lowest BCUT2D eigenvalue weighted by molar-refractivity contribution is -0.117. The van der Waals surface area contributed by atoms with E-state index >= 15 is 0 Å². The molecular weight excluding hydrogens is 356 g/mol. The fourth-order valence-corrected chi connectivity index (χ4v) is 4.37. The number of aromatic nitrogens is 3. The van der Waals surface area contributed by atoms with E-state index in [2.05, 4.69) is 15.4 Å². The summed E-state index contributed by atoms with van der Waals surface area (Å²) in [5.41, 5.74) is 2.58. The van der Waals surface area contributed by atoms with Crippen LogP contribution in [0.1, 0.15) is 24.1 Å². The Balaban J connectivity index is 1.47. The lowest BCUT2D eigenvalue weighted by Gasteiger charge is -2.15. The van der Waals surface area contributed by atoms with E-state index in [1.807, 2.05) is 22.9 Å². The summed E-state index contributed by atoms with van der Waals surface area (Å²) in [5.74, 6) is -0.294. The van der Waals surface area contributed by atoms with Crippen molar-refractivity contribution in [1.82, 2.24) is 14.8 Å². The van der Waals surface area contributed by atoms with Crippen molar-refractivity contribution < 1.29 is 4.79 Å². The Bertz CT molecular complexity index is 959. The summed E-state index contributed by atoms with van der Waals surface area (Å²) in [7, 11) is 0. The van der Waals surface area contributed by atoms with Crippen LogP contribution in [0.5, 0.6) is 0 Å². The molecule has 0 aliphatic heterocycles. The van der Waals surface area contributed by atoms with Crippen molar-refractivity contribution in [2.45, 2.75) is 32.2 Å². The quantitative estimate of drug-likeness (QED) is 0.764. The highest BCUT2D eigenvalue weighted by Gasteiger charge is 2.15. The topological polar surface area (TPSA) is 76.9 Å². The van der Waals surface area contributed by atoms with Crippen molar-refractivity contribution >= 4 is 33.7 Å². The summed E-state index contributed by atoms with van der Waals surface area (Å²) in [4.78, 5) is 29.9. The van der Waals surface area contributed by atoms with Crippen LogP contribution in [0.4, 0.5) is 5.13 Å². The van der Waals surface area contributed by atoms with Crippen LogP contribution in [0.15, 0.2) is 33.8 Å². The van der Waals surface area contributed by atoms with Crippen LogP contribution in [-0.2, 0) is 24.2 Å². The monoisotopic (exact) mass is 372 g/mol. The normalized spacial score (nSPS) is 13.4. The molecule has 3 heterocycles. The molecule has 4 rings (SSSR count). The third-order valence-corrected chi connectivity index (χ3v) is 5.74. The minimum Gasteiger partial charge on any atom is -0.300 e. The molecule has 0 radical (unpaired) electrons. The van der Waals surface area contributed by atoms with Gasteiger partial charge in [0.05, 0.1) is 16.3 Å². The number of aryl methyl sites for hydroxylation is 2. The van der Waals surface area contributed by atoms with Crippen molar-refractivity contribution in [3.63, 3.8) is 0 Å². The minimum atomic E-state index is -0.294. The first kappa shape index (κ1) is 16.2. The Hall–Kier alpha value is -2.32. The molecular formula is C17H16N4O2S2. The zero-order valence-corrected chi connectivity index (χ0v) is 15.0. The van der Waals surface area contributed by atoms with Crippen LogP contribution in [0.2, 0.25) is 0 Å². The standard InChI is InChI=1S/C17H16N4O2S2/c22-15(19-17-18-13(10-25-17)14-6-3-7-24-14)9-21-16(23)8-11-4-1-2-5-12(11)20-21/h3,6-8,10H,1-2,4-5,9H2,(H,18,19,22). The predicted molar refractivity (Wildman–Crippen MR) is 99.2 cm³/mol. The number of rotatable bonds is 4. The van der Waals surface area contributed by atoms with Crippen LogP contribution in [-0.4, -0.2) is 20.7 Å². The molecule has 0 saturated heterocycles. The highest BCUT2D eigenvalue weighted by Crippen LogP contribution is 2.28. The van der Waals surface area contributed by atoms with Crippen LogP contribution in [0.25, 0.3) is 10.6 Å². The van der Waals surface area contributed by atoms with E-state index < -0.39 is 0 Å². The molecule has 3 aromatic rings. The molecule has 25 heavy (non-hydrogen) atoms. The second kappa shape index (κ2) is 6.89. The molecule has 0 unspecified atom stereocenters. The smallest absolute Gasteiger partial charge is 0.267 e. The van der Waals surface area contributed by atoms with Gasteiger partial charge in [-0.25, -0.2) is 9.67 Å². The summed E-state index contributed by atoms with van der Waals surface area (Å²) < 4.78 is 1.24. The maximum Gasteiger partial charge on any atom is 0.267 e. The van der Waals surface area contributed by atoms with Crippen molar-refractivity contribution in [3.8, 4) is 10.6 Å². The van der Waals surface area contributed by atoms with Gasteiger partial charge in [0.15, 0.2) is 5.13 Å². The lowest BCUT2D eigenvalue weighted by Crippen LogP contribution is -2.31. The van der Waals surface area contributed by atoms with Crippen molar-refractivity contribution in [3.05, 3.63) is 50.6 Å². The number of thiophene rings is 1. The number of hydrogen-bond acceptors (Lipinski definition) is 6. The molecule has 0 spiro atoms. The maximum absolute atomic E-state index is 12.3. The van der Waals surface area contributed by atoms with Gasteiger partial charge in [-0.1, -0.05) is 6.07 Å². The molecule has 1 N–H and O–H groups in total. The van der Waals surface area contributed by atoms with Crippen molar-refractivity contribution in [1.29, 1.82) is 0 Å². The molecule has 0 aromatic carbocycles. The van der Waals surface area contributed by atoms with Crippen molar-refractivity contribution in [2.75, 3.05) is 5.32 Å². The van der Waals surface area contributed by atoms with Crippen LogP contribution in [0.3, 0.4) is 0 Å². The predicted octanol–water partition coefficient (Wildman–Crippen LogP) is 2.95. The van der Waals surface area contributed by atoms with E-state index in [0.29, 0.717) is 5.13 Å². The maximum atomic E-state index is 12.3. The summed E-state index contributed by atoms with van der Waals surface area (Å²) >= 11 is 2.97. The van der Waals surface area contributed by atoms with Gasteiger partial charge in [-0.2, -0.15) is 5.10 Å². The van der Waals surface area contributed by atoms with Crippen LogP contribution >= 0.6 is 22.7 Å². The van der Waals surface area contributed by atoms with E-state index in [-0.39, 0.29) is 18.0 Å². The number of amides is 1. The zero-order chi connectivity index (χ0) is 17.2. The van der Waals surface area contributed by atoms with Crippen LogP contribution < -0.4 is 10.9 Å². The summed E-state index contributed by atoms with van der Waals surface area (Å²) in [6.45, 7) is -0.0972. The Morgan fingerprint density at radius 1 is 1.28 bits per heavy atom. The van der Waals surface area contributed by atoms with E-state index in [1.165, 1.54) is 16.0 Å². The highest BCUT2D eigenvalue weighted by molar-refractivity contribution is 7.16. The average Bonchev–Trinajstić information content (AvgIpc) is 3.26. The first-order valence-corrected chi connectivity index (χ1v) is 9.84. The number of nitrogens with one attached hydrogen (secondary N) is 1. The van der Waals surface area contributed by atoms with E-state index in [9.17, 15) is 9.59 Å². The first-order valence-electron chi connectivity index (χ1n) is 8.08. The summed E-state index contributed by atoms with van der Waals surface area (Å²) in [6.07, 6.45) is 3.94. The Labute approximate surface area is 152 Å². The van der Waals surface area contributed by atoms with Crippen LogP contribution in [0, 0.1) is 0 Å². The SMILES string of the molecule is O=C(Cn1nc2c(cc1=O)CCCC2)Nc1nc(-c2cccs2)cs1. The van der Waals surface area contributed by atoms with Gasteiger partial charge in [0.25, 0.3) is 5.56 Å². The van der Waals surface area contributed by atoms with Gasteiger partial charge in [0, 0.05) is 11.4 Å². The van der Waals surface area contributed by atoms with Gasteiger partial charge in [-0.05, 0) is 42.7 Å². The molecule has 8 heteroatoms. The second-order valence-corrected chi connectivity index (χ2v) is 7.69. The molecule has 1 amide bonds. The largest absolute Gasteiger partial charge is 0.300 e. The number of fused-ring (bicyclic) bond motifs is 1. The van der Waals surface area contributed by atoms with E-state index in [0.717, 1.165) is 47.5 Å². The molecule has 6 nitrogen and oxygen atoms in total. The molecule has 0 saturated carbocycles. The Morgan fingerprint density at radius 2 is 2.16 bits per heavy atom.